The van der Waals surface area contributed by atoms with E-state index >= 15 is 0 Å². The average Bonchev–Trinajstić information content (AvgIpc) is 3.37. The van der Waals surface area contributed by atoms with Gasteiger partial charge in [0.25, 0.3) is 5.91 Å². The molecule has 1 fully saturated rings. The van der Waals surface area contributed by atoms with Crippen molar-refractivity contribution in [2.24, 2.45) is 0 Å². The molecule has 4 rings (SSSR count). The fraction of sp³-hybridized carbons (Fsp3) is 0.304. The summed E-state index contributed by atoms with van der Waals surface area (Å²) in [6, 6.07) is 14.3. The highest BCUT2D eigenvalue weighted by atomic mass is 35.5. The van der Waals surface area contributed by atoms with E-state index in [1.165, 1.54) is 4.90 Å². The number of amides is 2. The lowest BCUT2D eigenvalue weighted by Gasteiger charge is -2.38. The first-order valence-corrected chi connectivity index (χ1v) is 10.5. The third kappa shape index (κ3) is 3.93. The fourth-order valence-electron chi connectivity index (χ4n) is 4.21. The number of likely N-dealkylation sites (tertiary alicyclic amines) is 1. The molecule has 3 aromatic rings. The Morgan fingerprint density at radius 3 is 2.41 bits per heavy atom. The van der Waals surface area contributed by atoms with E-state index in [0.29, 0.717) is 28.8 Å². The van der Waals surface area contributed by atoms with E-state index in [1.54, 1.807) is 55.3 Å². The second-order valence-corrected chi connectivity index (χ2v) is 8.64. The largest absolute Gasteiger partial charge is 0.465 e. The second-order valence-electron chi connectivity index (χ2n) is 8.20. The minimum atomic E-state index is -1.04. The Kier molecular flexibility index (Phi) is 5.64. The molecule has 1 aliphatic rings. The molecule has 0 radical (unpaired) electrons. The van der Waals surface area contributed by atoms with Crippen LogP contribution in [-0.4, -0.2) is 62.7 Å². The third-order valence-electron chi connectivity index (χ3n) is 6.20. The minimum Gasteiger partial charge on any atom is -0.465 e. The Morgan fingerprint density at radius 2 is 1.84 bits per heavy atom. The minimum absolute atomic E-state index is 0.165. The van der Waals surface area contributed by atoms with Gasteiger partial charge in [-0.05, 0) is 36.8 Å². The van der Waals surface area contributed by atoms with Crippen LogP contribution in [0.5, 0.6) is 0 Å². The highest BCUT2D eigenvalue weighted by Crippen LogP contribution is 2.40. The van der Waals surface area contributed by atoms with Gasteiger partial charge in [-0.1, -0.05) is 41.0 Å². The summed E-state index contributed by atoms with van der Waals surface area (Å²) < 4.78 is 5.01. The average molecular weight is 455 g/mol. The molecule has 0 spiro atoms. The summed E-state index contributed by atoms with van der Waals surface area (Å²) in [4.78, 5) is 32.3. The number of carboxylic acid groups (broad SMARTS) is 1. The Hall–Kier alpha value is -3.39. The molecule has 1 N–H and O–H groups in total. The standard InChI is InChI=1S/C23H23ClN4O4/c1-14-25-20(26-32-14)16-4-6-17(7-5-16)21(29)28-12-19(15-8-10-18(24)11-9-15)23(2,13-28)27(3)22(30)31/h4-11,19H,12-13H2,1-3H3,(H,30,31)/t19-,23+/m1/s1. The van der Waals surface area contributed by atoms with Crippen LogP contribution in [0.1, 0.15) is 34.7 Å². The molecular weight excluding hydrogens is 432 g/mol. The molecule has 32 heavy (non-hydrogen) atoms. The van der Waals surface area contributed by atoms with Gasteiger partial charge in [-0.2, -0.15) is 4.98 Å². The number of aromatic nitrogens is 2. The Balaban J connectivity index is 1.61. The van der Waals surface area contributed by atoms with E-state index in [4.69, 9.17) is 16.1 Å². The molecule has 0 unspecified atom stereocenters. The number of hydrogen-bond donors (Lipinski definition) is 1. The van der Waals surface area contributed by atoms with Crippen molar-refractivity contribution in [2.45, 2.75) is 25.3 Å². The monoisotopic (exact) mass is 454 g/mol. The van der Waals surface area contributed by atoms with E-state index < -0.39 is 11.6 Å². The summed E-state index contributed by atoms with van der Waals surface area (Å²) >= 11 is 6.04. The number of carbonyl (C=O) groups excluding carboxylic acids is 1. The maximum atomic E-state index is 13.3. The first kappa shape index (κ1) is 21.8. The van der Waals surface area contributed by atoms with Gasteiger partial charge in [0.15, 0.2) is 0 Å². The summed E-state index contributed by atoms with van der Waals surface area (Å²) in [5.74, 6) is 0.558. The van der Waals surface area contributed by atoms with Crippen molar-refractivity contribution in [3.8, 4) is 11.4 Å². The molecule has 166 valence electrons. The zero-order valence-electron chi connectivity index (χ0n) is 17.9. The normalized spacial score (nSPS) is 20.4. The number of nitrogens with zero attached hydrogens (tertiary/aromatic N) is 4. The van der Waals surface area contributed by atoms with E-state index in [9.17, 15) is 14.7 Å². The highest BCUT2D eigenvalue weighted by molar-refractivity contribution is 6.30. The van der Waals surface area contributed by atoms with Crippen molar-refractivity contribution in [2.75, 3.05) is 20.1 Å². The zero-order valence-corrected chi connectivity index (χ0v) is 18.7. The number of likely N-dealkylation sites (N-methyl/N-ethyl adjacent to an activating group) is 1. The Morgan fingerprint density at radius 1 is 1.19 bits per heavy atom. The SMILES string of the molecule is Cc1nc(-c2ccc(C(=O)N3C[C@H](c4ccc(Cl)cc4)[C@@](C)(N(C)C(=O)O)C3)cc2)no1. The van der Waals surface area contributed by atoms with Crippen LogP contribution in [0, 0.1) is 6.92 Å². The van der Waals surface area contributed by atoms with Gasteiger partial charge in [-0.25, -0.2) is 4.79 Å². The van der Waals surface area contributed by atoms with Crippen LogP contribution in [0.2, 0.25) is 5.02 Å². The molecule has 0 saturated carbocycles. The maximum absolute atomic E-state index is 13.3. The molecule has 1 aromatic heterocycles. The lowest BCUT2D eigenvalue weighted by Crippen LogP contribution is -2.52. The lowest BCUT2D eigenvalue weighted by molar-refractivity contribution is 0.0728. The molecule has 8 nitrogen and oxygen atoms in total. The van der Waals surface area contributed by atoms with E-state index in [-0.39, 0.29) is 18.4 Å². The molecule has 2 heterocycles. The molecule has 2 aromatic carbocycles. The van der Waals surface area contributed by atoms with Gasteiger partial charge in [0.1, 0.15) is 0 Å². The van der Waals surface area contributed by atoms with Gasteiger partial charge in [0, 0.05) is 49.1 Å². The summed E-state index contributed by atoms with van der Waals surface area (Å²) in [5.41, 5.74) is 1.39. The first-order chi connectivity index (χ1) is 15.2. The van der Waals surface area contributed by atoms with Gasteiger partial charge in [-0.15, -0.1) is 0 Å². The highest BCUT2D eigenvalue weighted by Gasteiger charge is 2.49. The van der Waals surface area contributed by atoms with Crippen molar-refractivity contribution in [1.29, 1.82) is 0 Å². The Labute approximate surface area is 190 Å². The molecule has 1 aliphatic heterocycles. The summed E-state index contributed by atoms with van der Waals surface area (Å²) in [6.07, 6.45) is -1.04. The van der Waals surface area contributed by atoms with Gasteiger partial charge in [0.05, 0.1) is 5.54 Å². The molecule has 0 aliphatic carbocycles. The summed E-state index contributed by atoms with van der Waals surface area (Å²) in [7, 11) is 1.54. The van der Waals surface area contributed by atoms with Crippen LogP contribution in [0.25, 0.3) is 11.4 Å². The van der Waals surface area contributed by atoms with E-state index in [0.717, 1.165) is 11.1 Å². The number of rotatable bonds is 4. The van der Waals surface area contributed by atoms with Gasteiger partial charge in [-0.3, -0.25) is 4.79 Å². The first-order valence-electron chi connectivity index (χ1n) is 10.1. The molecule has 9 heteroatoms. The van der Waals surface area contributed by atoms with Crippen molar-refractivity contribution in [3.05, 3.63) is 70.6 Å². The topological polar surface area (TPSA) is 99.8 Å². The number of hydrogen-bond acceptors (Lipinski definition) is 5. The number of halogens is 1. The zero-order chi connectivity index (χ0) is 23.0. The van der Waals surface area contributed by atoms with Crippen LogP contribution < -0.4 is 0 Å². The quantitative estimate of drug-likeness (QED) is 0.630. The predicted molar refractivity (Wildman–Crippen MR) is 119 cm³/mol. The van der Waals surface area contributed by atoms with Crippen LogP contribution >= 0.6 is 11.6 Å². The van der Waals surface area contributed by atoms with Crippen LogP contribution in [-0.2, 0) is 0 Å². The van der Waals surface area contributed by atoms with Gasteiger partial charge >= 0.3 is 6.09 Å². The van der Waals surface area contributed by atoms with Crippen molar-refractivity contribution in [1.82, 2.24) is 19.9 Å². The lowest BCUT2D eigenvalue weighted by atomic mass is 9.82. The van der Waals surface area contributed by atoms with Gasteiger partial charge < -0.3 is 19.4 Å². The second kappa shape index (κ2) is 8.27. The molecule has 2 atom stereocenters. The van der Waals surface area contributed by atoms with Crippen LogP contribution in [0.4, 0.5) is 4.79 Å². The number of carbonyl (C=O) groups is 2. The number of benzene rings is 2. The smallest absolute Gasteiger partial charge is 0.407 e. The molecule has 2 amide bonds. The van der Waals surface area contributed by atoms with Crippen molar-refractivity contribution in [3.63, 3.8) is 0 Å². The van der Waals surface area contributed by atoms with Crippen LogP contribution in [0.3, 0.4) is 0 Å². The van der Waals surface area contributed by atoms with Crippen molar-refractivity contribution < 1.29 is 19.2 Å². The fourth-order valence-corrected chi connectivity index (χ4v) is 4.34. The summed E-state index contributed by atoms with van der Waals surface area (Å²) in [6.45, 7) is 4.24. The third-order valence-corrected chi connectivity index (χ3v) is 6.45. The van der Waals surface area contributed by atoms with Gasteiger partial charge in [0.2, 0.25) is 11.7 Å². The molecule has 1 saturated heterocycles. The Bertz CT molecular complexity index is 1150. The number of aryl methyl sites for hydroxylation is 1. The van der Waals surface area contributed by atoms with Crippen LogP contribution in [0.15, 0.2) is 53.1 Å². The maximum Gasteiger partial charge on any atom is 0.407 e. The molecular formula is C23H23ClN4O4. The van der Waals surface area contributed by atoms with Crippen molar-refractivity contribution >= 4 is 23.6 Å². The summed E-state index contributed by atoms with van der Waals surface area (Å²) in [5, 5.41) is 14.2. The predicted octanol–water partition coefficient (Wildman–Crippen LogP) is 4.31. The van der Waals surface area contributed by atoms with E-state index in [2.05, 4.69) is 10.1 Å². The molecule has 0 bridgehead atoms. The van der Waals surface area contributed by atoms with E-state index in [1.807, 2.05) is 19.1 Å².